The fourth-order valence-corrected chi connectivity index (χ4v) is 8.92. The number of ether oxygens (including phenoxy) is 10. The molecule has 0 amide bonds. The van der Waals surface area contributed by atoms with Crippen LogP contribution in [0, 0.1) is 0 Å². The van der Waals surface area contributed by atoms with E-state index in [0.717, 1.165) is 33.4 Å². The Morgan fingerprint density at radius 1 is 0.356 bits per heavy atom. The van der Waals surface area contributed by atoms with Crippen molar-refractivity contribution in [3.63, 3.8) is 0 Å². The number of benzene rings is 7. The Kier molecular flexibility index (Phi) is 19.1. The number of rotatable bonds is 24. The van der Waals surface area contributed by atoms with Crippen molar-refractivity contribution in [1.82, 2.24) is 0 Å². The molecule has 2 fully saturated rings. The molecule has 9 rings (SSSR count). The van der Waals surface area contributed by atoms with Crippen molar-refractivity contribution >= 4 is 5.97 Å². The summed E-state index contributed by atoms with van der Waals surface area (Å²) >= 11 is 0. The molecule has 10 atom stereocenters. The van der Waals surface area contributed by atoms with Crippen LogP contribution < -0.4 is 0 Å². The molecule has 2 saturated heterocycles. The zero-order valence-electron chi connectivity index (χ0n) is 40.6. The van der Waals surface area contributed by atoms with Gasteiger partial charge in [0.2, 0.25) is 0 Å². The molecule has 0 unspecified atom stereocenters. The molecule has 0 aliphatic carbocycles. The lowest BCUT2D eigenvalue weighted by Crippen LogP contribution is -2.64. The first-order chi connectivity index (χ1) is 36.0. The highest BCUT2D eigenvalue weighted by Crippen LogP contribution is 2.34. The SMILES string of the molecule is O=C(O[C@H]1[C@H](OC[C@H]2O[C@H](O)[C@H](OCc3ccccc3)[C@@H](OCc3ccccc3)[C@@H]2OCc2ccccc2)O[C@H](COCc2ccccc2)[C@H](OCc2ccccc2)[C@@H]1OCc1ccccc1)c1ccccc1. The van der Waals surface area contributed by atoms with E-state index in [1.807, 2.05) is 188 Å². The van der Waals surface area contributed by atoms with E-state index in [1.54, 1.807) is 24.3 Å². The Morgan fingerprint density at radius 3 is 1.10 bits per heavy atom. The predicted octanol–water partition coefficient (Wildman–Crippen LogP) is 9.81. The molecule has 73 heavy (non-hydrogen) atoms. The molecule has 0 radical (unpaired) electrons. The molecule has 0 bridgehead atoms. The normalized spacial score (nSPS) is 23.9. The zero-order chi connectivity index (χ0) is 49.9. The highest BCUT2D eigenvalue weighted by atomic mass is 16.7. The number of aliphatic hydroxyl groups excluding tert-OH is 1. The van der Waals surface area contributed by atoms with Gasteiger partial charge in [-0.2, -0.15) is 0 Å². The minimum absolute atomic E-state index is 0.0655. The van der Waals surface area contributed by atoms with Crippen LogP contribution >= 0.6 is 0 Å². The standard InChI is InChI=1S/C61H62O12/c62-59(50-34-20-7-21-35-50)73-58-56(68-40-48-30-16-5-17-31-48)53(65-37-45-24-10-2-11-25-45)51(42-64-36-44-22-8-1-9-23-44)72-61(58)70-43-52-54(66-38-46-26-12-3-13-27-46)55(67-39-47-28-14-4-15-29-47)57(60(63)71-52)69-41-49-32-18-6-19-33-49/h1-35,51-58,60-61,63H,36-43H2/t51-,52-,53+,54-,55+,56+,57-,58-,60+,61-/m1/s1. The maximum Gasteiger partial charge on any atom is 0.338 e. The molecule has 7 aromatic rings. The Hall–Kier alpha value is -6.39. The van der Waals surface area contributed by atoms with Gasteiger partial charge in [-0.05, 0) is 45.5 Å². The third kappa shape index (κ3) is 14.9. The van der Waals surface area contributed by atoms with E-state index in [2.05, 4.69) is 0 Å². The van der Waals surface area contributed by atoms with Gasteiger partial charge in [0.25, 0.3) is 0 Å². The summed E-state index contributed by atoms with van der Waals surface area (Å²) in [4.78, 5) is 14.3. The fourth-order valence-electron chi connectivity index (χ4n) is 8.92. The van der Waals surface area contributed by atoms with Gasteiger partial charge in [0.15, 0.2) is 18.7 Å². The van der Waals surface area contributed by atoms with Crippen LogP contribution in [0.4, 0.5) is 0 Å². The van der Waals surface area contributed by atoms with E-state index in [0.29, 0.717) is 12.2 Å². The van der Waals surface area contributed by atoms with Crippen LogP contribution in [0.3, 0.4) is 0 Å². The third-order valence-electron chi connectivity index (χ3n) is 12.7. The summed E-state index contributed by atoms with van der Waals surface area (Å²) in [5, 5.41) is 12.0. The summed E-state index contributed by atoms with van der Waals surface area (Å²) < 4.78 is 66.9. The van der Waals surface area contributed by atoms with Gasteiger partial charge in [-0.15, -0.1) is 0 Å². The molecule has 7 aromatic carbocycles. The van der Waals surface area contributed by atoms with Crippen molar-refractivity contribution in [3.8, 4) is 0 Å². The van der Waals surface area contributed by atoms with E-state index in [-0.39, 0.29) is 46.2 Å². The highest BCUT2D eigenvalue weighted by molar-refractivity contribution is 5.89. The van der Waals surface area contributed by atoms with Gasteiger partial charge in [0, 0.05) is 0 Å². The van der Waals surface area contributed by atoms with Crippen molar-refractivity contribution in [3.05, 3.63) is 251 Å². The van der Waals surface area contributed by atoms with Gasteiger partial charge in [-0.3, -0.25) is 0 Å². The number of hydrogen-bond donors (Lipinski definition) is 1. The maximum absolute atomic E-state index is 14.3. The van der Waals surface area contributed by atoms with Crippen molar-refractivity contribution in [2.45, 2.75) is 101 Å². The molecular weight excluding hydrogens is 925 g/mol. The lowest BCUT2D eigenvalue weighted by Gasteiger charge is -2.47. The Balaban J connectivity index is 1.05. The average molecular weight is 987 g/mol. The van der Waals surface area contributed by atoms with E-state index in [9.17, 15) is 9.90 Å². The largest absolute Gasteiger partial charge is 0.450 e. The van der Waals surface area contributed by atoms with E-state index in [4.69, 9.17) is 47.4 Å². The highest BCUT2D eigenvalue weighted by Gasteiger charge is 2.53. The first-order valence-electron chi connectivity index (χ1n) is 24.8. The molecule has 2 aliphatic rings. The predicted molar refractivity (Wildman–Crippen MR) is 272 cm³/mol. The van der Waals surface area contributed by atoms with Crippen LogP contribution in [0.2, 0.25) is 0 Å². The minimum Gasteiger partial charge on any atom is -0.450 e. The Morgan fingerprint density at radius 2 is 0.685 bits per heavy atom. The topological polar surface area (TPSA) is 130 Å². The van der Waals surface area contributed by atoms with Gasteiger partial charge in [0.1, 0.15) is 42.7 Å². The smallest absolute Gasteiger partial charge is 0.338 e. The van der Waals surface area contributed by atoms with Gasteiger partial charge in [-0.25, -0.2) is 4.79 Å². The molecule has 2 heterocycles. The number of carbonyl (C=O) groups is 1. The molecule has 0 saturated carbocycles. The first-order valence-corrected chi connectivity index (χ1v) is 24.8. The second-order valence-corrected chi connectivity index (χ2v) is 18.0. The van der Waals surface area contributed by atoms with E-state index < -0.39 is 67.4 Å². The Labute approximate surface area is 427 Å². The van der Waals surface area contributed by atoms with Crippen LogP contribution in [-0.2, 0) is 87.0 Å². The van der Waals surface area contributed by atoms with E-state index >= 15 is 0 Å². The second-order valence-electron chi connectivity index (χ2n) is 18.0. The second kappa shape index (κ2) is 27.1. The zero-order valence-corrected chi connectivity index (χ0v) is 40.6. The third-order valence-corrected chi connectivity index (χ3v) is 12.7. The van der Waals surface area contributed by atoms with E-state index in [1.165, 1.54) is 0 Å². The maximum atomic E-state index is 14.3. The lowest BCUT2D eigenvalue weighted by molar-refractivity contribution is -0.343. The molecule has 0 aromatic heterocycles. The number of hydrogen-bond acceptors (Lipinski definition) is 12. The number of carbonyl (C=O) groups excluding carboxylic acids is 1. The molecular formula is C61H62O12. The lowest BCUT2D eigenvalue weighted by atomic mass is 9.97. The van der Waals surface area contributed by atoms with Crippen LogP contribution in [-0.4, -0.2) is 85.7 Å². The van der Waals surface area contributed by atoms with Gasteiger partial charge >= 0.3 is 5.97 Å². The summed E-state index contributed by atoms with van der Waals surface area (Å²) in [5.74, 6) is -0.613. The van der Waals surface area contributed by atoms with Gasteiger partial charge < -0.3 is 52.5 Å². The van der Waals surface area contributed by atoms with Crippen LogP contribution in [0.15, 0.2) is 212 Å². The van der Waals surface area contributed by atoms with Crippen molar-refractivity contribution in [2.24, 2.45) is 0 Å². The Bertz CT molecular complexity index is 2630. The number of aliphatic hydroxyl groups is 1. The van der Waals surface area contributed by atoms with Crippen LogP contribution in [0.25, 0.3) is 0 Å². The van der Waals surface area contributed by atoms with Crippen LogP contribution in [0.5, 0.6) is 0 Å². The quantitative estimate of drug-likeness (QED) is 0.0579. The van der Waals surface area contributed by atoms with Crippen LogP contribution in [0.1, 0.15) is 43.7 Å². The van der Waals surface area contributed by atoms with Gasteiger partial charge in [-0.1, -0.05) is 200 Å². The number of esters is 1. The molecule has 378 valence electrons. The molecule has 12 heteroatoms. The van der Waals surface area contributed by atoms with Gasteiger partial charge in [0.05, 0.1) is 58.4 Å². The summed E-state index contributed by atoms with van der Waals surface area (Å²) in [5.41, 5.74) is 5.87. The summed E-state index contributed by atoms with van der Waals surface area (Å²) in [6.07, 6.45) is -10.2. The molecule has 2 aliphatic heterocycles. The molecule has 12 nitrogen and oxygen atoms in total. The molecule has 1 N–H and O–H groups in total. The fraction of sp³-hybridized carbons (Fsp3) is 0.295. The van der Waals surface area contributed by atoms with Crippen molar-refractivity contribution < 1.29 is 57.3 Å². The summed E-state index contributed by atoms with van der Waals surface area (Å²) in [6.45, 7) is 1.06. The minimum atomic E-state index is -1.47. The summed E-state index contributed by atoms with van der Waals surface area (Å²) in [6, 6.07) is 67.4. The summed E-state index contributed by atoms with van der Waals surface area (Å²) in [7, 11) is 0. The monoisotopic (exact) mass is 986 g/mol. The van der Waals surface area contributed by atoms with Crippen molar-refractivity contribution in [1.29, 1.82) is 0 Å². The van der Waals surface area contributed by atoms with Crippen molar-refractivity contribution in [2.75, 3.05) is 13.2 Å². The first kappa shape index (κ1) is 51.5. The average Bonchev–Trinajstić information content (AvgIpc) is 3.44. The molecule has 0 spiro atoms.